The molecule has 4 nitrogen and oxygen atoms in total. The Morgan fingerprint density at radius 2 is 1.87 bits per heavy atom. The summed E-state index contributed by atoms with van der Waals surface area (Å²) in [5, 5.41) is 6.01. The molecule has 0 spiro atoms. The molecule has 1 aromatic carbocycles. The van der Waals surface area contributed by atoms with Crippen molar-refractivity contribution in [2.45, 2.75) is 18.8 Å². The molecular weight excluding hydrogens is 327 g/mol. The smallest absolute Gasteiger partial charge is 0.260 e. The van der Waals surface area contributed by atoms with Crippen molar-refractivity contribution in [2.24, 2.45) is 0 Å². The van der Waals surface area contributed by atoms with Gasteiger partial charge in [0.1, 0.15) is 5.82 Å². The summed E-state index contributed by atoms with van der Waals surface area (Å²) in [5.74, 6) is -4.18. The highest BCUT2D eigenvalue weighted by Gasteiger charge is 2.20. The maximum Gasteiger partial charge on any atom is 0.260 e. The minimum Gasteiger partial charge on any atom is -0.317 e. The third kappa shape index (κ3) is 3.53. The lowest BCUT2D eigenvalue weighted by molar-refractivity contribution is 0.102. The number of aromatic nitrogens is 1. The summed E-state index contributed by atoms with van der Waals surface area (Å²) < 4.78 is 39.6. The Kier molecular flexibility index (Phi) is 4.63. The van der Waals surface area contributed by atoms with Gasteiger partial charge < -0.3 is 5.32 Å². The number of piperidine rings is 1. The lowest BCUT2D eigenvalue weighted by Gasteiger charge is -2.20. The fourth-order valence-electron chi connectivity index (χ4n) is 2.50. The van der Waals surface area contributed by atoms with Crippen LogP contribution in [0.25, 0.3) is 0 Å². The van der Waals surface area contributed by atoms with Crippen LogP contribution in [0.15, 0.2) is 18.3 Å². The van der Waals surface area contributed by atoms with E-state index in [0.717, 1.165) is 30.8 Å². The molecule has 0 atom stereocenters. The summed E-state index contributed by atoms with van der Waals surface area (Å²) >= 11 is 1.31. The molecule has 8 heteroatoms. The van der Waals surface area contributed by atoms with Crippen molar-refractivity contribution >= 4 is 22.4 Å². The van der Waals surface area contributed by atoms with Crippen LogP contribution in [0.5, 0.6) is 0 Å². The van der Waals surface area contributed by atoms with Crippen molar-refractivity contribution in [3.8, 4) is 0 Å². The van der Waals surface area contributed by atoms with Crippen molar-refractivity contribution in [1.82, 2.24) is 10.3 Å². The van der Waals surface area contributed by atoms with Gasteiger partial charge >= 0.3 is 0 Å². The predicted molar refractivity (Wildman–Crippen MR) is 81.2 cm³/mol. The highest BCUT2D eigenvalue weighted by molar-refractivity contribution is 7.15. The van der Waals surface area contributed by atoms with E-state index in [4.69, 9.17) is 0 Å². The summed E-state index contributed by atoms with van der Waals surface area (Å²) in [5.41, 5.74) is -0.553. The summed E-state index contributed by atoms with van der Waals surface area (Å²) in [7, 11) is 0. The van der Waals surface area contributed by atoms with Gasteiger partial charge in [0.05, 0.1) is 5.56 Å². The van der Waals surface area contributed by atoms with Crippen LogP contribution in [-0.4, -0.2) is 24.0 Å². The van der Waals surface area contributed by atoms with Gasteiger partial charge in [-0.15, -0.1) is 11.3 Å². The first-order valence-electron chi connectivity index (χ1n) is 7.17. The molecule has 1 saturated heterocycles. The highest BCUT2D eigenvalue weighted by Crippen LogP contribution is 2.31. The van der Waals surface area contributed by atoms with Crippen molar-refractivity contribution < 1.29 is 18.0 Å². The van der Waals surface area contributed by atoms with Gasteiger partial charge in [0.2, 0.25) is 0 Å². The lowest BCUT2D eigenvalue weighted by Crippen LogP contribution is -2.26. The van der Waals surface area contributed by atoms with E-state index < -0.39 is 28.9 Å². The van der Waals surface area contributed by atoms with E-state index in [1.165, 1.54) is 11.3 Å². The standard InChI is InChI=1S/C15H14F3N3OS/c16-10-6-12(18)11(17)5-9(10)14(22)21-15-20-7-13(23-15)8-1-3-19-4-2-8/h5-8,19H,1-4H2,(H,20,21,22). The Morgan fingerprint density at radius 3 is 2.61 bits per heavy atom. The molecule has 1 fully saturated rings. The van der Waals surface area contributed by atoms with Crippen molar-refractivity contribution in [3.63, 3.8) is 0 Å². The molecule has 23 heavy (non-hydrogen) atoms. The van der Waals surface area contributed by atoms with Crippen LogP contribution < -0.4 is 10.6 Å². The van der Waals surface area contributed by atoms with Gasteiger partial charge in [-0.2, -0.15) is 0 Å². The summed E-state index contributed by atoms with van der Waals surface area (Å²) in [6, 6.07) is 0.897. The third-order valence-electron chi connectivity index (χ3n) is 3.74. The molecular formula is C15H14F3N3OS. The van der Waals surface area contributed by atoms with Gasteiger partial charge in [-0.3, -0.25) is 10.1 Å². The third-order valence-corrected chi connectivity index (χ3v) is 4.82. The number of rotatable bonds is 3. The fourth-order valence-corrected chi connectivity index (χ4v) is 3.48. The Bertz CT molecular complexity index is 729. The Labute approximate surface area is 134 Å². The average Bonchev–Trinajstić information content (AvgIpc) is 3.00. The molecule has 0 radical (unpaired) electrons. The monoisotopic (exact) mass is 341 g/mol. The zero-order valence-corrected chi connectivity index (χ0v) is 12.9. The van der Waals surface area contributed by atoms with E-state index in [0.29, 0.717) is 23.2 Å². The zero-order valence-electron chi connectivity index (χ0n) is 12.0. The maximum absolute atomic E-state index is 13.6. The molecule has 2 aromatic rings. The van der Waals surface area contributed by atoms with Gasteiger partial charge in [-0.05, 0) is 37.9 Å². The normalized spacial score (nSPS) is 15.6. The molecule has 122 valence electrons. The van der Waals surface area contributed by atoms with Crippen LogP contribution in [0.1, 0.15) is 34.0 Å². The number of anilines is 1. The number of nitrogens with one attached hydrogen (secondary N) is 2. The number of benzene rings is 1. The van der Waals surface area contributed by atoms with Gasteiger partial charge in [-0.1, -0.05) is 0 Å². The molecule has 0 aliphatic carbocycles. The maximum atomic E-state index is 13.6. The van der Waals surface area contributed by atoms with E-state index in [-0.39, 0.29) is 0 Å². The number of amides is 1. The average molecular weight is 341 g/mol. The van der Waals surface area contributed by atoms with Gasteiger partial charge in [0.15, 0.2) is 16.8 Å². The van der Waals surface area contributed by atoms with Crippen molar-refractivity contribution in [1.29, 1.82) is 0 Å². The Balaban J connectivity index is 1.73. The molecule has 0 bridgehead atoms. The molecule has 2 heterocycles. The molecule has 3 rings (SSSR count). The summed E-state index contributed by atoms with van der Waals surface area (Å²) in [4.78, 5) is 17.2. The first kappa shape index (κ1) is 15.9. The molecule has 0 saturated carbocycles. The van der Waals surface area contributed by atoms with Crippen LogP contribution >= 0.6 is 11.3 Å². The second-order valence-electron chi connectivity index (χ2n) is 5.29. The second-order valence-corrected chi connectivity index (χ2v) is 6.35. The quantitative estimate of drug-likeness (QED) is 0.843. The number of carbonyl (C=O) groups excluding carboxylic acids is 1. The molecule has 2 N–H and O–H groups in total. The SMILES string of the molecule is O=C(Nc1ncc(C2CCNCC2)s1)c1cc(F)c(F)cc1F. The van der Waals surface area contributed by atoms with Gasteiger partial charge in [-0.25, -0.2) is 18.2 Å². The first-order chi connectivity index (χ1) is 11.0. The van der Waals surface area contributed by atoms with E-state index >= 15 is 0 Å². The summed E-state index contributed by atoms with van der Waals surface area (Å²) in [6.07, 6.45) is 3.68. The molecule has 0 unspecified atom stereocenters. The predicted octanol–water partition coefficient (Wildman–Crippen LogP) is 3.28. The molecule has 1 aliphatic rings. The lowest BCUT2D eigenvalue weighted by atomic mass is 9.97. The number of carbonyl (C=O) groups is 1. The van der Waals surface area contributed by atoms with Crippen LogP contribution in [0.4, 0.5) is 18.3 Å². The highest BCUT2D eigenvalue weighted by atomic mass is 32.1. The first-order valence-corrected chi connectivity index (χ1v) is 7.98. The Morgan fingerprint density at radius 1 is 1.17 bits per heavy atom. The van der Waals surface area contributed by atoms with E-state index in [9.17, 15) is 18.0 Å². The van der Waals surface area contributed by atoms with Crippen LogP contribution in [0.2, 0.25) is 0 Å². The Hall–Kier alpha value is -1.93. The van der Waals surface area contributed by atoms with Crippen molar-refractivity contribution in [3.05, 3.63) is 46.2 Å². The van der Waals surface area contributed by atoms with E-state index in [2.05, 4.69) is 15.6 Å². The minimum atomic E-state index is -1.33. The van der Waals surface area contributed by atoms with Crippen molar-refractivity contribution in [2.75, 3.05) is 18.4 Å². The molecule has 1 aliphatic heterocycles. The number of nitrogens with zero attached hydrogens (tertiary/aromatic N) is 1. The number of thiazole rings is 1. The number of halogens is 3. The molecule has 1 amide bonds. The zero-order chi connectivity index (χ0) is 16.4. The van der Waals surface area contributed by atoms with Gasteiger partial charge in [0, 0.05) is 17.1 Å². The number of hydrogen-bond donors (Lipinski definition) is 2. The van der Waals surface area contributed by atoms with Crippen LogP contribution in [-0.2, 0) is 0 Å². The summed E-state index contributed by atoms with van der Waals surface area (Å²) in [6.45, 7) is 1.87. The molecule has 1 aromatic heterocycles. The minimum absolute atomic E-state index is 0.313. The largest absolute Gasteiger partial charge is 0.317 e. The second kappa shape index (κ2) is 6.67. The fraction of sp³-hybridized carbons (Fsp3) is 0.333. The van der Waals surface area contributed by atoms with Gasteiger partial charge in [0.25, 0.3) is 5.91 Å². The van der Waals surface area contributed by atoms with Crippen LogP contribution in [0, 0.1) is 17.5 Å². The van der Waals surface area contributed by atoms with E-state index in [1.807, 2.05) is 0 Å². The van der Waals surface area contributed by atoms with E-state index in [1.54, 1.807) is 6.20 Å². The number of hydrogen-bond acceptors (Lipinski definition) is 4. The van der Waals surface area contributed by atoms with Crippen LogP contribution in [0.3, 0.4) is 0 Å². The topological polar surface area (TPSA) is 54.0 Å².